The molecule has 3 aromatic heterocycles. The van der Waals surface area contributed by atoms with Gasteiger partial charge in [0.05, 0.1) is 59.7 Å². The number of hydrogen-bond donors (Lipinski definition) is 1. The van der Waals surface area contributed by atoms with Gasteiger partial charge < -0.3 is 18.9 Å². The standard InChI is InChI=1S/C27H25FN6O5S/c1-13-6-17(24-20(7-13)33-23(36-4)12-29-24)25-34-19-8-18(28)21(9-22(19)40-25)38-14(2)15(3)39-27(35)32-16-10-30-26(37-5)31-11-16/h6-12,14-15H,1-5H3,(H,32,35)/t14-,15+/m0/s1. The Morgan fingerprint density at radius 2 is 1.73 bits per heavy atom. The molecule has 206 valence electrons. The summed E-state index contributed by atoms with van der Waals surface area (Å²) in [6.07, 6.45) is 2.22. The summed E-state index contributed by atoms with van der Waals surface area (Å²) in [6.45, 7) is 5.29. The molecule has 5 rings (SSSR count). The minimum absolute atomic E-state index is 0.0215. The predicted octanol–water partition coefficient (Wildman–Crippen LogP) is 5.57. The van der Waals surface area contributed by atoms with Crippen molar-refractivity contribution < 1.29 is 28.1 Å². The van der Waals surface area contributed by atoms with Gasteiger partial charge in [-0.2, -0.15) is 0 Å². The Labute approximate surface area is 232 Å². The smallest absolute Gasteiger partial charge is 0.412 e. The molecule has 1 N–H and O–H groups in total. The first-order valence-corrected chi connectivity index (χ1v) is 13.0. The first-order valence-electron chi connectivity index (χ1n) is 12.2. The lowest BCUT2D eigenvalue weighted by atomic mass is 10.1. The van der Waals surface area contributed by atoms with Crippen molar-refractivity contribution in [1.82, 2.24) is 24.9 Å². The molecule has 1 amide bonds. The summed E-state index contributed by atoms with van der Waals surface area (Å²) >= 11 is 1.38. The molecule has 0 aliphatic rings. The minimum Gasteiger partial charge on any atom is -0.484 e. The van der Waals surface area contributed by atoms with Crippen LogP contribution in [-0.4, -0.2) is 57.4 Å². The number of aromatic nitrogens is 5. The zero-order valence-electron chi connectivity index (χ0n) is 22.3. The molecule has 0 radical (unpaired) electrons. The number of anilines is 1. The zero-order valence-corrected chi connectivity index (χ0v) is 23.1. The number of thiazole rings is 1. The fourth-order valence-electron chi connectivity index (χ4n) is 3.84. The number of ether oxygens (including phenoxy) is 4. The van der Waals surface area contributed by atoms with Crippen LogP contribution in [0.5, 0.6) is 17.6 Å². The van der Waals surface area contributed by atoms with Gasteiger partial charge in [-0.25, -0.2) is 34.1 Å². The molecule has 0 fully saturated rings. The monoisotopic (exact) mass is 564 g/mol. The molecule has 0 bridgehead atoms. The first kappa shape index (κ1) is 26.9. The van der Waals surface area contributed by atoms with Crippen molar-refractivity contribution in [3.05, 3.63) is 54.2 Å². The highest BCUT2D eigenvalue weighted by Crippen LogP contribution is 2.37. The Kier molecular flexibility index (Phi) is 7.56. The normalized spacial score (nSPS) is 12.7. The number of rotatable bonds is 8. The quantitative estimate of drug-likeness (QED) is 0.255. The number of amides is 1. The van der Waals surface area contributed by atoms with Gasteiger partial charge in [0, 0.05) is 17.7 Å². The van der Waals surface area contributed by atoms with Crippen LogP contribution >= 0.6 is 11.3 Å². The van der Waals surface area contributed by atoms with Gasteiger partial charge in [0.25, 0.3) is 0 Å². The van der Waals surface area contributed by atoms with Gasteiger partial charge in [0.1, 0.15) is 17.2 Å². The summed E-state index contributed by atoms with van der Waals surface area (Å²) in [5, 5.41) is 3.20. The van der Waals surface area contributed by atoms with E-state index in [-0.39, 0.29) is 11.8 Å². The molecule has 5 aromatic rings. The number of benzene rings is 2. The van der Waals surface area contributed by atoms with Gasteiger partial charge in [-0.1, -0.05) is 0 Å². The summed E-state index contributed by atoms with van der Waals surface area (Å²) in [5.74, 6) is -0.146. The molecule has 3 heterocycles. The van der Waals surface area contributed by atoms with E-state index in [0.29, 0.717) is 33.1 Å². The van der Waals surface area contributed by atoms with Gasteiger partial charge in [-0.3, -0.25) is 5.32 Å². The Bertz CT molecular complexity index is 1700. The fraction of sp³-hybridized carbons (Fsp3) is 0.259. The molecule has 0 aliphatic carbocycles. The summed E-state index contributed by atoms with van der Waals surface area (Å²) in [6, 6.07) is 6.98. The number of hydrogen-bond acceptors (Lipinski definition) is 11. The second-order valence-corrected chi connectivity index (χ2v) is 9.91. The molecule has 0 aliphatic heterocycles. The Balaban J connectivity index is 1.32. The SMILES string of the molecule is COc1cnc2c(-c3nc4cc(F)c(O[C@@H](C)[C@@H](C)OC(=O)Nc5cnc(OC)nc5)cc4s3)cc(C)cc2n1. The van der Waals surface area contributed by atoms with Gasteiger partial charge >= 0.3 is 12.1 Å². The average Bonchev–Trinajstić information content (AvgIpc) is 3.35. The van der Waals surface area contributed by atoms with Crippen molar-refractivity contribution in [2.45, 2.75) is 33.0 Å². The van der Waals surface area contributed by atoms with Crippen molar-refractivity contribution in [2.75, 3.05) is 19.5 Å². The highest BCUT2D eigenvalue weighted by atomic mass is 32.1. The third kappa shape index (κ3) is 5.69. The largest absolute Gasteiger partial charge is 0.484 e. The van der Waals surface area contributed by atoms with E-state index in [1.165, 1.54) is 44.0 Å². The van der Waals surface area contributed by atoms with Crippen molar-refractivity contribution in [2.24, 2.45) is 0 Å². The molecule has 0 unspecified atom stereocenters. The minimum atomic E-state index is -0.731. The zero-order chi connectivity index (χ0) is 28.4. The molecule has 13 heteroatoms. The first-order chi connectivity index (χ1) is 19.2. The van der Waals surface area contributed by atoms with Gasteiger partial charge in [-0.05, 0) is 38.5 Å². The van der Waals surface area contributed by atoms with E-state index >= 15 is 4.39 Å². The lowest BCUT2D eigenvalue weighted by Gasteiger charge is -2.22. The maximum atomic E-state index is 15.0. The second kappa shape index (κ2) is 11.2. The third-order valence-corrected chi connectivity index (χ3v) is 7.03. The van der Waals surface area contributed by atoms with E-state index in [1.54, 1.807) is 26.1 Å². The molecule has 0 spiro atoms. The summed E-state index contributed by atoms with van der Waals surface area (Å²) < 4.78 is 37.1. The van der Waals surface area contributed by atoms with E-state index in [9.17, 15) is 4.79 Å². The van der Waals surface area contributed by atoms with Crippen LogP contribution < -0.4 is 19.5 Å². The molecular weight excluding hydrogens is 539 g/mol. The molecule has 0 saturated heterocycles. The molecule has 11 nitrogen and oxygen atoms in total. The van der Waals surface area contributed by atoms with E-state index in [4.69, 9.17) is 18.9 Å². The Hall–Kier alpha value is -4.65. The van der Waals surface area contributed by atoms with Gasteiger partial charge in [0.15, 0.2) is 11.6 Å². The van der Waals surface area contributed by atoms with Crippen LogP contribution in [-0.2, 0) is 4.74 Å². The van der Waals surface area contributed by atoms with Crippen LogP contribution in [0.1, 0.15) is 19.4 Å². The van der Waals surface area contributed by atoms with Gasteiger partial charge in [0.2, 0.25) is 5.88 Å². The van der Waals surface area contributed by atoms with Crippen LogP contribution in [0.25, 0.3) is 31.8 Å². The van der Waals surface area contributed by atoms with Crippen molar-refractivity contribution in [3.8, 4) is 28.2 Å². The highest BCUT2D eigenvalue weighted by molar-refractivity contribution is 7.21. The number of nitrogens with one attached hydrogen (secondary N) is 1. The third-order valence-electron chi connectivity index (χ3n) is 5.97. The van der Waals surface area contributed by atoms with Crippen LogP contribution in [0.3, 0.4) is 0 Å². The molecule has 40 heavy (non-hydrogen) atoms. The van der Waals surface area contributed by atoms with E-state index in [2.05, 4.69) is 30.2 Å². The Morgan fingerprint density at radius 1 is 0.950 bits per heavy atom. The van der Waals surface area contributed by atoms with Crippen LogP contribution in [0.15, 0.2) is 42.9 Å². The molecule has 2 aromatic carbocycles. The van der Waals surface area contributed by atoms with Gasteiger partial charge in [-0.15, -0.1) is 11.3 Å². The lowest BCUT2D eigenvalue weighted by molar-refractivity contribution is 0.0402. The number of carbonyl (C=O) groups is 1. The maximum Gasteiger partial charge on any atom is 0.412 e. The number of fused-ring (bicyclic) bond motifs is 2. The molecular formula is C27H25FN6O5S. The topological polar surface area (TPSA) is 130 Å². The average molecular weight is 565 g/mol. The van der Waals surface area contributed by atoms with Crippen molar-refractivity contribution >= 4 is 44.4 Å². The van der Waals surface area contributed by atoms with Crippen LogP contribution in [0, 0.1) is 12.7 Å². The molecule has 2 atom stereocenters. The summed E-state index contributed by atoms with van der Waals surface area (Å²) in [4.78, 5) is 33.8. The number of halogens is 1. The fourth-order valence-corrected chi connectivity index (χ4v) is 4.83. The van der Waals surface area contributed by atoms with E-state index in [1.807, 2.05) is 19.1 Å². The number of methoxy groups -OCH3 is 2. The number of nitrogens with zero attached hydrogens (tertiary/aromatic N) is 5. The van der Waals surface area contributed by atoms with E-state index in [0.717, 1.165) is 15.8 Å². The second-order valence-electron chi connectivity index (χ2n) is 8.88. The van der Waals surface area contributed by atoms with Crippen LogP contribution in [0.4, 0.5) is 14.9 Å². The molecule has 0 saturated carbocycles. The van der Waals surface area contributed by atoms with Crippen molar-refractivity contribution in [3.63, 3.8) is 0 Å². The summed E-state index contributed by atoms with van der Waals surface area (Å²) in [7, 11) is 2.97. The lowest BCUT2D eigenvalue weighted by Crippen LogP contribution is -2.32. The Morgan fingerprint density at radius 3 is 2.45 bits per heavy atom. The van der Waals surface area contributed by atoms with Crippen molar-refractivity contribution in [1.29, 1.82) is 0 Å². The number of carbonyl (C=O) groups excluding carboxylic acids is 1. The summed E-state index contributed by atoms with van der Waals surface area (Å²) in [5.41, 5.74) is 3.93. The number of aryl methyl sites for hydroxylation is 1. The van der Waals surface area contributed by atoms with E-state index < -0.39 is 24.1 Å². The maximum absolute atomic E-state index is 15.0. The highest BCUT2D eigenvalue weighted by Gasteiger charge is 2.22. The predicted molar refractivity (Wildman–Crippen MR) is 148 cm³/mol. The van der Waals surface area contributed by atoms with Crippen LogP contribution in [0.2, 0.25) is 0 Å².